The maximum absolute atomic E-state index is 12.6. The van der Waals surface area contributed by atoms with Crippen LogP contribution in [0.4, 0.5) is 0 Å². The SMILES string of the molecule is CN(CCc1ccccn1)CC1CN2CCC1CC2CNS(=O)(=O)c1ccc(Cl)cc1. The van der Waals surface area contributed by atoms with Crippen LogP contribution in [0.15, 0.2) is 53.6 Å². The number of pyridine rings is 1. The number of sulfonamides is 1. The fourth-order valence-corrected chi connectivity index (χ4v) is 6.11. The first-order valence-electron chi connectivity index (χ1n) is 11.0. The monoisotopic (exact) mass is 462 g/mol. The lowest BCUT2D eigenvalue weighted by molar-refractivity contribution is -0.00735. The molecule has 4 atom stereocenters. The Morgan fingerprint density at radius 2 is 2.03 bits per heavy atom. The van der Waals surface area contributed by atoms with Crippen molar-refractivity contribution >= 4 is 21.6 Å². The predicted molar refractivity (Wildman–Crippen MR) is 124 cm³/mol. The third-order valence-corrected chi connectivity index (χ3v) is 8.36. The molecule has 2 bridgehead atoms. The molecule has 1 N–H and O–H groups in total. The molecule has 3 aliphatic rings. The van der Waals surface area contributed by atoms with E-state index in [1.807, 2.05) is 18.3 Å². The molecule has 6 nitrogen and oxygen atoms in total. The van der Waals surface area contributed by atoms with Crippen LogP contribution in [0.25, 0.3) is 0 Å². The largest absolute Gasteiger partial charge is 0.306 e. The minimum Gasteiger partial charge on any atom is -0.306 e. The van der Waals surface area contributed by atoms with Gasteiger partial charge in [-0.2, -0.15) is 0 Å². The number of fused-ring (bicyclic) bond motifs is 3. The normalized spacial score (nSPS) is 25.8. The molecule has 0 aliphatic carbocycles. The molecular formula is C23H31ClN4O2S. The van der Waals surface area contributed by atoms with Crippen molar-refractivity contribution in [1.29, 1.82) is 0 Å². The standard InChI is InChI=1S/C23H31ClN4O2S/c1-27(12-10-21-4-2-3-11-25-21)16-19-17-28-13-9-18(19)14-22(28)15-26-31(29,30)23-7-5-20(24)6-8-23/h2-8,11,18-19,22,26H,9-10,12-17H2,1H3. The molecule has 2 aromatic rings. The molecule has 5 rings (SSSR count). The zero-order chi connectivity index (χ0) is 21.8. The summed E-state index contributed by atoms with van der Waals surface area (Å²) in [5.41, 5.74) is 1.14. The summed E-state index contributed by atoms with van der Waals surface area (Å²) in [7, 11) is -1.32. The summed E-state index contributed by atoms with van der Waals surface area (Å²) in [6.45, 7) is 4.66. The molecule has 168 valence electrons. The van der Waals surface area contributed by atoms with E-state index in [2.05, 4.69) is 32.6 Å². The number of benzene rings is 1. The number of rotatable bonds is 9. The van der Waals surface area contributed by atoms with Crippen LogP contribution in [0.5, 0.6) is 0 Å². The smallest absolute Gasteiger partial charge is 0.240 e. The topological polar surface area (TPSA) is 65.5 Å². The van der Waals surface area contributed by atoms with Gasteiger partial charge in [-0.3, -0.25) is 9.88 Å². The van der Waals surface area contributed by atoms with Gasteiger partial charge in [-0.05, 0) is 74.7 Å². The second kappa shape index (κ2) is 9.96. The average molecular weight is 463 g/mol. The highest BCUT2D eigenvalue weighted by Gasteiger charge is 2.40. The first-order valence-corrected chi connectivity index (χ1v) is 12.8. The summed E-state index contributed by atoms with van der Waals surface area (Å²) in [6.07, 6.45) is 5.08. The molecule has 0 spiro atoms. The summed E-state index contributed by atoms with van der Waals surface area (Å²) < 4.78 is 28.0. The van der Waals surface area contributed by atoms with Gasteiger partial charge in [0, 0.05) is 55.6 Å². The van der Waals surface area contributed by atoms with Gasteiger partial charge in [0.25, 0.3) is 0 Å². The van der Waals surface area contributed by atoms with Crippen LogP contribution in [0.3, 0.4) is 0 Å². The number of nitrogens with one attached hydrogen (secondary N) is 1. The van der Waals surface area contributed by atoms with E-state index >= 15 is 0 Å². The van der Waals surface area contributed by atoms with Gasteiger partial charge >= 0.3 is 0 Å². The fourth-order valence-electron chi connectivity index (χ4n) is 4.91. The highest BCUT2D eigenvalue weighted by Crippen LogP contribution is 2.36. The zero-order valence-electron chi connectivity index (χ0n) is 18.0. The van der Waals surface area contributed by atoms with Gasteiger partial charge in [0.05, 0.1) is 4.90 Å². The number of aromatic nitrogens is 1. The van der Waals surface area contributed by atoms with E-state index in [1.54, 1.807) is 24.3 Å². The molecule has 0 saturated carbocycles. The quantitative estimate of drug-likeness (QED) is 0.620. The van der Waals surface area contributed by atoms with Gasteiger partial charge in [-0.25, -0.2) is 13.1 Å². The van der Waals surface area contributed by atoms with Gasteiger partial charge in [0.2, 0.25) is 10.0 Å². The van der Waals surface area contributed by atoms with Crippen LogP contribution in [0.1, 0.15) is 18.5 Å². The van der Waals surface area contributed by atoms with Crippen LogP contribution in [-0.2, 0) is 16.4 Å². The maximum Gasteiger partial charge on any atom is 0.240 e. The summed E-state index contributed by atoms with van der Waals surface area (Å²) in [5.74, 6) is 1.30. The summed E-state index contributed by atoms with van der Waals surface area (Å²) in [4.78, 5) is 9.57. The van der Waals surface area contributed by atoms with Gasteiger partial charge in [-0.1, -0.05) is 17.7 Å². The van der Waals surface area contributed by atoms with E-state index in [1.165, 1.54) is 6.42 Å². The van der Waals surface area contributed by atoms with Crippen LogP contribution in [0, 0.1) is 11.8 Å². The van der Waals surface area contributed by atoms with Crippen molar-refractivity contribution in [3.8, 4) is 0 Å². The Labute approximate surface area is 190 Å². The summed E-state index contributed by atoms with van der Waals surface area (Å²) >= 11 is 5.88. The van der Waals surface area contributed by atoms with Crippen molar-refractivity contribution in [2.45, 2.75) is 30.2 Å². The van der Waals surface area contributed by atoms with Crippen molar-refractivity contribution in [3.63, 3.8) is 0 Å². The van der Waals surface area contributed by atoms with Gasteiger partial charge in [0.1, 0.15) is 0 Å². The Morgan fingerprint density at radius 3 is 2.71 bits per heavy atom. The first-order chi connectivity index (χ1) is 14.9. The molecule has 0 radical (unpaired) electrons. The lowest BCUT2D eigenvalue weighted by atomic mass is 9.75. The maximum atomic E-state index is 12.6. The highest BCUT2D eigenvalue weighted by atomic mass is 35.5. The Balaban J connectivity index is 1.26. The van der Waals surface area contributed by atoms with E-state index in [0.717, 1.165) is 44.7 Å². The molecular weight excluding hydrogens is 432 g/mol. The van der Waals surface area contributed by atoms with Gasteiger partial charge in [0.15, 0.2) is 0 Å². The van der Waals surface area contributed by atoms with Crippen LogP contribution in [0.2, 0.25) is 5.02 Å². The van der Waals surface area contributed by atoms with Crippen molar-refractivity contribution in [3.05, 3.63) is 59.4 Å². The number of hydrogen-bond acceptors (Lipinski definition) is 5. The Morgan fingerprint density at radius 1 is 1.23 bits per heavy atom. The van der Waals surface area contributed by atoms with E-state index in [0.29, 0.717) is 23.4 Å². The molecule has 1 aromatic heterocycles. The van der Waals surface area contributed by atoms with Gasteiger partial charge < -0.3 is 4.90 Å². The average Bonchev–Trinajstić information content (AvgIpc) is 2.78. The van der Waals surface area contributed by atoms with Crippen molar-refractivity contribution in [2.24, 2.45) is 11.8 Å². The number of nitrogens with zero attached hydrogens (tertiary/aromatic N) is 3. The van der Waals surface area contributed by atoms with E-state index < -0.39 is 10.0 Å². The third kappa shape index (κ3) is 5.84. The lowest BCUT2D eigenvalue weighted by Crippen LogP contribution is -2.58. The lowest BCUT2D eigenvalue weighted by Gasteiger charge is -2.50. The molecule has 3 saturated heterocycles. The van der Waals surface area contributed by atoms with Gasteiger partial charge in [-0.15, -0.1) is 0 Å². The van der Waals surface area contributed by atoms with Crippen LogP contribution in [-0.4, -0.2) is 69.0 Å². The van der Waals surface area contributed by atoms with E-state index in [9.17, 15) is 8.42 Å². The second-order valence-corrected chi connectivity index (χ2v) is 11.0. The number of hydrogen-bond donors (Lipinski definition) is 1. The number of piperidine rings is 3. The van der Waals surface area contributed by atoms with Crippen molar-refractivity contribution < 1.29 is 8.42 Å². The number of halogens is 1. The molecule has 1 aromatic carbocycles. The minimum absolute atomic E-state index is 0.264. The molecule has 8 heteroatoms. The summed E-state index contributed by atoms with van der Waals surface area (Å²) in [6, 6.07) is 12.7. The Kier molecular flexibility index (Phi) is 7.29. The molecule has 3 fully saturated rings. The zero-order valence-corrected chi connectivity index (χ0v) is 19.5. The molecule has 31 heavy (non-hydrogen) atoms. The Bertz CT molecular complexity index is 955. The third-order valence-electron chi connectivity index (χ3n) is 6.67. The first kappa shape index (κ1) is 22.7. The van der Waals surface area contributed by atoms with Crippen molar-refractivity contribution in [2.75, 3.05) is 39.8 Å². The van der Waals surface area contributed by atoms with Crippen LogP contribution < -0.4 is 4.72 Å². The predicted octanol–water partition coefficient (Wildman–Crippen LogP) is 2.90. The van der Waals surface area contributed by atoms with Crippen molar-refractivity contribution in [1.82, 2.24) is 19.5 Å². The molecule has 4 unspecified atom stereocenters. The molecule has 0 amide bonds. The summed E-state index contributed by atoms with van der Waals surface area (Å²) in [5, 5.41) is 0.533. The molecule has 3 aliphatic heterocycles. The van der Waals surface area contributed by atoms with E-state index in [4.69, 9.17) is 11.6 Å². The number of likely N-dealkylation sites (N-methyl/N-ethyl adjacent to an activating group) is 1. The fraction of sp³-hybridized carbons (Fsp3) is 0.522. The van der Waals surface area contributed by atoms with Crippen LogP contribution >= 0.6 is 11.6 Å². The highest BCUT2D eigenvalue weighted by molar-refractivity contribution is 7.89. The Hall–Kier alpha value is -1.51. The van der Waals surface area contributed by atoms with E-state index in [-0.39, 0.29) is 10.9 Å². The second-order valence-electron chi connectivity index (χ2n) is 8.83. The molecule has 4 heterocycles. The minimum atomic E-state index is -3.51.